The van der Waals surface area contributed by atoms with Crippen LogP contribution in [0, 0.1) is 0 Å². The Morgan fingerprint density at radius 2 is 1.74 bits per heavy atom. The normalized spacial score (nSPS) is 11.9. The zero-order valence-corrected chi connectivity index (χ0v) is 15.3. The predicted molar refractivity (Wildman–Crippen MR) is 99.0 cm³/mol. The van der Waals surface area contributed by atoms with Crippen molar-refractivity contribution < 1.29 is 0 Å². The lowest BCUT2D eigenvalue weighted by atomic mass is 10.1. The number of halogens is 3. The van der Waals surface area contributed by atoms with E-state index >= 15 is 0 Å². The second kappa shape index (κ2) is 5.90. The topological polar surface area (TPSA) is 29.3 Å². The van der Waals surface area contributed by atoms with Gasteiger partial charge in [0.1, 0.15) is 17.2 Å². The average molecular weight is 369 g/mol. The van der Waals surface area contributed by atoms with Crippen molar-refractivity contribution in [2.24, 2.45) is 0 Å². The smallest absolute Gasteiger partial charge is 0.139 e. The van der Waals surface area contributed by atoms with Crippen LogP contribution in [-0.4, -0.2) is 14.9 Å². The molecule has 0 aliphatic carbocycles. The molecular formula is C17H16Cl3N3. The molecule has 0 bridgehead atoms. The maximum Gasteiger partial charge on any atom is 0.139 e. The number of nitrogens with zero attached hydrogens (tertiary/aromatic N) is 2. The van der Waals surface area contributed by atoms with E-state index in [1.54, 1.807) is 6.07 Å². The number of pyridine rings is 1. The van der Waals surface area contributed by atoms with Gasteiger partial charge in [-0.15, -0.1) is 0 Å². The van der Waals surface area contributed by atoms with Crippen molar-refractivity contribution in [2.75, 3.05) is 5.32 Å². The van der Waals surface area contributed by atoms with Crippen LogP contribution in [-0.2, 0) is 0 Å². The molecule has 0 spiro atoms. The van der Waals surface area contributed by atoms with Crippen LogP contribution in [0.3, 0.4) is 0 Å². The summed E-state index contributed by atoms with van der Waals surface area (Å²) < 4.78 is 1.95. The fourth-order valence-corrected chi connectivity index (χ4v) is 2.80. The summed E-state index contributed by atoms with van der Waals surface area (Å²) in [6.45, 7) is 6.28. The highest BCUT2D eigenvalue weighted by Gasteiger charge is 2.20. The van der Waals surface area contributed by atoms with Crippen LogP contribution < -0.4 is 5.32 Å². The van der Waals surface area contributed by atoms with E-state index in [-0.39, 0.29) is 5.54 Å². The van der Waals surface area contributed by atoms with E-state index in [4.69, 9.17) is 39.8 Å². The summed E-state index contributed by atoms with van der Waals surface area (Å²) in [6.07, 6.45) is 1.85. The lowest BCUT2D eigenvalue weighted by Gasteiger charge is -2.22. The molecule has 3 aromatic rings. The van der Waals surface area contributed by atoms with Crippen LogP contribution in [0.25, 0.3) is 16.9 Å². The van der Waals surface area contributed by atoms with Gasteiger partial charge < -0.3 is 5.32 Å². The van der Waals surface area contributed by atoms with Crippen LogP contribution in [0.1, 0.15) is 20.8 Å². The Labute approximate surface area is 150 Å². The second-order valence-corrected chi connectivity index (χ2v) is 7.64. The molecular weight excluding hydrogens is 353 g/mol. The molecule has 0 atom stereocenters. The van der Waals surface area contributed by atoms with E-state index in [1.807, 2.05) is 34.9 Å². The first-order valence-corrected chi connectivity index (χ1v) is 8.29. The Balaban J connectivity index is 2.26. The number of imidazole rings is 1. The first-order chi connectivity index (χ1) is 10.7. The van der Waals surface area contributed by atoms with Crippen LogP contribution in [0.4, 0.5) is 5.82 Å². The summed E-state index contributed by atoms with van der Waals surface area (Å²) >= 11 is 18.3. The molecule has 1 aromatic carbocycles. The van der Waals surface area contributed by atoms with Crippen molar-refractivity contribution in [1.82, 2.24) is 9.38 Å². The third kappa shape index (κ3) is 3.42. The summed E-state index contributed by atoms with van der Waals surface area (Å²) in [6, 6.07) is 9.21. The highest BCUT2D eigenvalue weighted by Crippen LogP contribution is 2.34. The Bertz CT molecular complexity index is 879. The van der Waals surface area contributed by atoms with Crippen LogP contribution in [0.5, 0.6) is 0 Å². The maximum atomic E-state index is 6.17. The minimum atomic E-state index is -0.136. The molecule has 0 saturated heterocycles. The number of anilines is 1. The molecule has 2 aromatic heterocycles. The highest BCUT2D eigenvalue weighted by molar-refractivity contribution is 6.42. The monoisotopic (exact) mass is 367 g/mol. The summed E-state index contributed by atoms with van der Waals surface area (Å²) in [5, 5.41) is 5.17. The average Bonchev–Trinajstić information content (AvgIpc) is 2.78. The molecule has 1 N–H and O–H groups in total. The largest absolute Gasteiger partial charge is 0.365 e. The molecule has 3 rings (SSSR count). The molecule has 0 radical (unpaired) electrons. The molecule has 0 saturated carbocycles. The van der Waals surface area contributed by atoms with Gasteiger partial charge in [0, 0.05) is 17.3 Å². The van der Waals surface area contributed by atoms with Gasteiger partial charge in [0.15, 0.2) is 0 Å². The summed E-state index contributed by atoms with van der Waals surface area (Å²) in [4.78, 5) is 4.72. The lowest BCUT2D eigenvalue weighted by molar-refractivity contribution is 0.629. The second-order valence-electron chi connectivity index (χ2n) is 6.39. The van der Waals surface area contributed by atoms with Crippen LogP contribution in [0.15, 0.2) is 36.5 Å². The fourth-order valence-electron chi connectivity index (χ4n) is 2.34. The number of fused-ring (bicyclic) bond motifs is 1. The van der Waals surface area contributed by atoms with E-state index in [0.29, 0.717) is 15.1 Å². The summed E-state index contributed by atoms with van der Waals surface area (Å²) in [7, 11) is 0. The molecule has 0 aliphatic rings. The Morgan fingerprint density at radius 3 is 2.39 bits per heavy atom. The van der Waals surface area contributed by atoms with Gasteiger partial charge in [-0.1, -0.05) is 40.9 Å². The molecule has 23 heavy (non-hydrogen) atoms. The van der Waals surface area contributed by atoms with Gasteiger partial charge in [0.2, 0.25) is 0 Å². The minimum absolute atomic E-state index is 0.136. The van der Waals surface area contributed by atoms with Crippen LogP contribution >= 0.6 is 34.8 Å². The predicted octanol–water partition coefficient (Wildman–Crippen LogP) is 6.17. The van der Waals surface area contributed by atoms with Crippen molar-refractivity contribution in [3.8, 4) is 11.3 Å². The zero-order valence-electron chi connectivity index (χ0n) is 13.0. The van der Waals surface area contributed by atoms with Crippen molar-refractivity contribution in [1.29, 1.82) is 0 Å². The van der Waals surface area contributed by atoms with Crippen molar-refractivity contribution in [3.63, 3.8) is 0 Å². The third-order valence-corrected chi connectivity index (χ3v) is 4.23. The van der Waals surface area contributed by atoms with E-state index in [9.17, 15) is 0 Å². The van der Waals surface area contributed by atoms with Gasteiger partial charge in [-0.05, 0) is 45.0 Å². The van der Waals surface area contributed by atoms with E-state index in [2.05, 4.69) is 26.1 Å². The molecule has 3 nitrogen and oxygen atoms in total. The lowest BCUT2D eigenvalue weighted by Crippen LogP contribution is -2.27. The number of aromatic nitrogens is 2. The molecule has 0 fully saturated rings. The molecule has 0 amide bonds. The van der Waals surface area contributed by atoms with Gasteiger partial charge >= 0.3 is 0 Å². The standard InChI is InChI=1S/C17H16Cl3N3/c1-17(2,3)22-16-15(10-4-6-12(19)13(20)8-10)21-14-7-5-11(18)9-23(14)16/h4-9,22H,1-3H3. The summed E-state index contributed by atoms with van der Waals surface area (Å²) in [5.41, 5.74) is 2.37. The van der Waals surface area contributed by atoms with Gasteiger partial charge in [0.25, 0.3) is 0 Å². The SMILES string of the molecule is CC(C)(C)Nc1c(-c2ccc(Cl)c(Cl)c2)nc2ccc(Cl)cn12. The fraction of sp³-hybridized carbons (Fsp3) is 0.235. The Morgan fingerprint density at radius 1 is 1.00 bits per heavy atom. The number of benzene rings is 1. The number of nitrogens with one attached hydrogen (secondary N) is 1. The van der Waals surface area contributed by atoms with Gasteiger partial charge in [-0.2, -0.15) is 0 Å². The van der Waals surface area contributed by atoms with Gasteiger partial charge in [-0.25, -0.2) is 4.98 Å². The molecule has 6 heteroatoms. The number of hydrogen-bond acceptors (Lipinski definition) is 2. The van der Waals surface area contributed by atoms with Crippen LogP contribution in [0.2, 0.25) is 15.1 Å². The van der Waals surface area contributed by atoms with Crippen molar-refractivity contribution >= 4 is 46.3 Å². The van der Waals surface area contributed by atoms with E-state index in [0.717, 1.165) is 22.7 Å². The number of hydrogen-bond donors (Lipinski definition) is 1. The quantitative estimate of drug-likeness (QED) is 0.586. The minimum Gasteiger partial charge on any atom is -0.365 e. The van der Waals surface area contributed by atoms with Crippen molar-refractivity contribution in [2.45, 2.75) is 26.3 Å². The zero-order chi connectivity index (χ0) is 16.8. The third-order valence-electron chi connectivity index (χ3n) is 3.27. The van der Waals surface area contributed by atoms with Gasteiger partial charge in [-0.3, -0.25) is 4.40 Å². The molecule has 2 heterocycles. The Hall–Kier alpha value is -1.42. The molecule has 0 aliphatic heterocycles. The molecule has 0 unspecified atom stereocenters. The number of rotatable bonds is 2. The van der Waals surface area contributed by atoms with Crippen molar-refractivity contribution in [3.05, 3.63) is 51.6 Å². The first kappa shape index (κ1) is 16.4. The first-order valence-electron chi connectivity index (χ1n) is 7.16. The van der Waals surface area contributed by atoms with Gasteiger partial charge in [0.05, 0.1) is 15.1 Å². The summed E-state index contributed by atoms with van der Waals surface area (Å²) in [5.74, 6) is 0.869. The molecule has 120 valence electrons. The maximum absolute atomic E-state index is 6.17. The van der Waals surface area contributed by atoms with E-state index < -0.39 is 0 Å². The Kier molecular flexibility index (Phi) is 4.21. The van der Waals surface area contributed by atoms with E-state index in [1.165, 1.54) is 0 Å². The highest BCUT2D eigenvalue weighted by atomic mass is 35.5.